The maximum Gasteiger partial charge on any atom is 0.256 e. The van der Waals surface area contributed by atoms with Gasteiger partial charge in [0.1, 0.15) is 4.60 Å². The molecule has 0 aliphatic rings. The molecule has 0 saturated carbocycles. The van der Waals surface area contributed by atoms with Gasteiger partial charge in [0, 0.05) is 17.4 Å². The van der Waals surface area contributed by atoms with E-state index in [0.29, 0.717) is 21.5 Å². The molecule has 92 valence electrons. The Morgan fingerprint density at radius 1 is 1.33 bits per heavy atom. The van der Waals surface area contributed by atoms with Crippen LogP contribution < -0.4 is 11.1 Å². The summed E-state index contributed by atoms with van der Waals surface area (Å²) in [5.41, 5.74) is 8.35. The van der Waals surface area contributed by atoms with E-state index in [1.807, 2.05) is 6.92 Å². The highest BCUT2D eigenvalue weighted by Crippen LogP contribution is 2.21. The van der Waals surface area contributed by atoms with Gasteiger partial charge in [-0.15, -0.1) is 0 Å². The van der Waals surface area contributed by atoms with Crippen LogP contribution in [0.15, 0.2) is 41.1 Å². The fourth-order valence-electron chi connectivity index (χ4n) is 1.57. The minimum atomic E-state index is -0.200. The molecule has 0 fully saturated rings. The number of carbonyl (C=O) groups excluding carboxylic acids is 1. The maximum atomic E-state index is 12.1. The molecule has 0 unspecified atom stereocenters. The molecule has 3 N–H and O–H groups in total. The second-order valence-electron chi connectivity index (χ2n) is 3.82. The first-order chi connectivity index (χ1) is 8.59. The predicted molar refractivity (Wildman–Crippen MR) is 75.5 cm³/mol. The Kier molecular flexibility index (Phi) is 3.62. The van der Waals surface area contributed by atoms with Crippen molar-refractivity contribution in [2.45, 2.75) is 6.92 Å². The van der Waals surface area contributed by atoms with Crippen molar-refractivity contribution in [3.63, 3.8) is 0 Å². The summed E-state index contributed by atoms with van der Waals surface area (Å²) < 4.78 is 0.597. The van der Waals surface area contributed by atoms with Gasteiger partial charge in [0.05, 0.1) is 5.69 Å². The summed E-state index contributed by atoms with van der Waals surface area (Å²) in [5, 5.41) is 2.79. The van der Waals surface area contributed by atoms with Gasteiger partial charge in [-0.3, -0.25) is 4.79 Å². The lowest BCUT2D eigenvalue weighted by molar-refractivity contribution is 0.102. The number of rotatable bonds is 2. The number of nitrogens with one attached hydrogen (secondary N) is 1. The lowest BCUT2D eigenvalue weighted by atomic mass is 10.1. The van der Waals surface area contributed by atoms with Gasteiger partial charge >= 0.3 is 0 Å². The van der Waals surface area contributed by atoms with Crippen LogP contribution in [-0.4, -0.2) is 10.9 Å². The molecule has 1 amide bonds. The monoisotopic (exact) mass is 305 g/mol. The number of aromatic nitrogens is 1. The quantitative estimate of drug-likeness (QED) is 0.662. The summed E-state index contributed by atoms with van der Waals surface area (Å²) in [5.74, 6) is -0.200. The molecule has 1 heterocycles. The standard InChI is InChI=1S/C13H12BrN3O/c1-8-9(4-2-5-10(8)15)13(18)17-11-6-3-7-16-12(11)14/h2-7H,15H2,1H3,(H,17,18). The lowest BCUT2D eigenvalue weighted by Gasteiger charge is -2.09. The lowest BCUT2D eigenvalue weighted by Crippen LogP contribution is -2.14. The van der Waals surface area contributed by atoms with Crippen molar-refractivity contribution < 1.29 is 4.79 Å². The van der Waals surface area contributed by atoms with Gasteiger partial charge in [-0.2, -0.15) is 0 Å². The van der Waals surface area contributed by atoms with E-state index in [-0.39, 0.29) is 5.91 Å². The van der Waals surface area contributed by atoms with Crippen LogP contribution in [-0.2, 0) is 0 Å². The highest BCUT2D eigenvalue weighted by atomic mass is 79.9. The molecule has 0 spiro atoms. The molecule has 0 radical (unpaired) electrons. The van der Waals surface area contributed by atoms with E-state index in [0.717, 1.165) is 5.56 Å². The van der Waals surface area contributed by atoms with E-state index in [4.69, 9.17) is 5.73 Å². The van der Waals surface area contributed by atoms with Crippen molar-refractivity contribution in [1.29, 1.82) is 0 Å². The molecule has 1 aromatic carbocycles. The number of hydrogen-bond donors (Lipinski definition) is 2. The van der Waals surface area contributed by atoms with Crippen LogP contribution in [0.5, 0.6) is 0 Å². The van der Waals surface area contributed by atoms with Gasteiger partial charge in [-0.05, 0) is 52.7 Å². The fraction of sp³-hybridized carbons (Fsp3) is 0.0769. The summed E-state index contributed by atoms with van der Waals surface area (Å²) in [6, 6.07) is 8.80. The first-order valence-electron chi connectivity index (χ1n) is 5.36. The Hall–Kier alpha value is -1.88. The Labute approximate surface area is 113 Å². The van der Waals surface area contributed by atoms with E-state index in [1.54, 1.807) is 36.5 Å². The summed E-state index contributed by atoms with van der Waals surface area (Å²) in [7, 11) is 0. The van der Waals surface area contributed by atoms with Gasteiger partial charge < -0.3 is 11.1 Å². The second kappa shape index (κ2) is 5.18. The molecule has 4 nitrogen and oxygen atoms in total. The second-order valence-corrected chi connectivity index (χ2v) is 4.57. The molecule has 5 heteroatoms. The molecule has 0 aliphatic carbocycles. The van der Waals surface area contributed by atoms with Crippen LogP contribution >= 0.6 is 15.9 Å². The summed E-state index contributed by atoms with van der Waals surface area (Å²) in [4.78, 5) is 16.2. The highest BCUT2D eigenvalue weighted by Gasteiger charge is 2.12. The van der Waals surface area contributed by atoms with E-state index >= 15 is 0 Å². The molecular weight excluding hydrogens is 294 g/mol. The van der Waals surface area contributed by atoms with Crippen molar-refractivity contribution >= 4 is 33.2 Å². The predicted octanol–water partition coefficient (Wildman–Crippen LogP) is 2.99. The number of carbonyl (C=O) groups is 1. The Balaban J connectivity index is 2.28. The zero-order chi connectivity index (χ0) is 13.1. The normalized spacial score (nSPS) is 10.1. The minimum absolute atomic E-state index is 0.200. The molecule has 1 aromatic heterocycles. The van der Waals surface area contributed by atoms with E-state index in [9.17, 15) is 4.79 Å². The van der Waals surface area contributed by atoms with Crippen LogP contribution in [0.4, 0.5) is 11.4 Å². The molecule has 2 rings (SSSR count). The topological polar surface area (TPSA) is 68.0 Å². The first-order valence-corrected chi connectivity index (χ1v) is 6.16. The van der Waals surface area contributed by atoms with Crippen molar-refractivity contribution in [1.82, 2.24) is 4.98 Å². The van der Waals surface area contributed by atoms with Gasteiger partial charge in [-0.25, -0.2) is 4.98 Å². The number of anilines is 2. The van der Waals surface area contributed by atoms with Gasteiger partial charge in [-0.1, -0.05) is 6.07 Å². The molecule has 0 atom stereocenters. The van der Waals surface area contributed by atoms with E-state index < -0.39 is 0 Å². The van der Waals surface area contributed by atoms with Gasteiger partial charge in [0.15, 0.2) is 0 Å². The Morgan fingerprint density at radius 2 is 2.11 bits per heavy atom. The number of benzene rings is 1. The molecule has 0 bridgehead atoms. The third-order valence-corrected chi connectivity index (χ3v) is 3.26. The number of hydrogen-bond acceptors (Lipinski definition) is 3. The smallest absolute Gasteiger partial charge is 0.256 e. The third kappa shape index (κ3) is 2.51. The molecule has 2 aromatic rings. The zero-order valence-electron chi connectivity index (χ0n) is 9.77. The SMILES string of the molecule is Cc1c(N)cccc1C(=O)Nc1cccnc1Br. The van der Waals surface area contributed by atoms with Crippen molar-refractivity contribution in [2.75, 3.05) is 11.1 Å². The molecule has 18 heavy (non-hydrogen) atoms. The summed E-state index contributed by atoms with van der Waals surface area (Å²) >= 11 is 3.28. The van der Waals surface area contributed by atoms with Crippen LogP contribution in [0.1, 0.15) is 15.9 Å². The van der Waals surface area contributed by atoms with Crippen molar-refractivity contribution in [2.24, 2.45) is 0 Å². The van der Waals surface area contributed by atoms with Gasteiger partial charge in [0.25, 0.3) is 5.91 Å². The van der Waals surface area contributed by atoms with Crippen LogP contribution in [0.3, 0.4) is 0 Å². The van der Waals surface area contributed by atoms with E-state index in [1.165, 1.54) is 0 Å². The first kappa shape index (κ1) is 12.6. The average molecular weight is 306 g/mol. The van der Waals surface area contributed by atoms with Crippen LogP contribution in [0, 0.1) is 6.92 Å². The van der Waals surface area contributed by atoms with Crippen molar-refractivity contribution in [3.8, 4) is 0 Å². The molecule has 0 aliphatic heterocycles. The summed E-state index contributed by atoms with van der Waals surface area (Å²) in [6.45, 7) is 1.82. The Morgan fingerprint density at radius 3 is 2.83 bits per heavy atom. The Bertz CT molecular complexity index is 599. The largest absolute Gasteiger partial charge is 0.398 e. The number of halogens is 1. The maximum absolute atomic E-state index is 12.1. The highest BCUT2D eigenvalue weighted by molar-refractivity contribution is 9.10. The zero-order valence-corrected chi connectivity index (χ0v) is 11.4. The minimum Gasteiger partial charge on any atom is -0.398 e. The van der Waals surface area contributed by atoms with Crippen molar-refractivity contribution in [3.05, 3.63) is 52.3 Å². The third-order valence-electron chi connectivity index (χ3n) is 2.63. The number of amides is 1. The number of nitrogens with two attached hydrogens (primary N) is 1. The van der Waals surface area contributed by atoms with E-state index in [2.05, 4.69) is 26.2 Å². The summed E-state index contributed by atoms with van der Waals surface area (Å²) in [6.07, 6.45) is 1.64. The number of pyridine rings is 1. The average Bonchev–Trinajstić information content (AvgIpc) is 2.35. The fourth-order valence-corrected chi connectivity index (χ4v) is 1.92. The van der Waals surface area contributed by atoms with Crippen LogP contribution in [0.2, 0.25) is 0 Å². The molecule has 0 saturated heterocycles. The van der Waals surface area contributed by atoms with Gasteiger partial charge in [0.2, 0.25) is 0 Å². The number of nitrogen functional groups attached to an aromatic ring is 1. The van der Waals surface area contributed by atoms with Crippen LogP contribution in [0.25, 0.3) is 0 Å². The number of nitrogens with zero attached hydrogens (tertiary/aromatic N) is 1. The molecular formula is C13H12BrN3O.